The minimum absolute atomic E-state index is 0.298. The molecule has 1 heterocycles. The zero-order valence-electron chi connectivity index (χ0n) is 12.9. The third kappa shape index (κ3) is 3.64. The van der Waals surface area contributed by atoms with E-state index in [-0.39, 0.29) is 0 Å². The molecule has 5 heteroatoms. The fourth-order valence-corrected chi connectivity index (χ4v) is 2.38. The molecular weight excluding hydrogens is 284 g/mol. The molecule has 0 saturated heterocycles. The van der Waals surface area contributed by atoms with Crippen LogP contribution in [0.25, 0.3) is 0 Å². The van der Waals surface area contributed by atoms with E-state index < -0.39 is 0 Å². The molecule has 21 heavy (non-hydrogen) atoms. The molecular formula is C16H21ClN4. The maximum atomic E-state index is 6.26. The van der Waals surface area contributed by atoms with E-state index >= 15 is 0 Å². The van der Waals surface area contributed by atoms with Gasteiger partial charge in [0.1, 0.15) is 18.0 Å². The SMILES string of the molecule is CCNc1ncnc(Nc2cc(C)ccc2Cl)c1C(C)C. The molecule has 0 bridgehead atoms. The van der Waals surface area contributed by atoms with E-state index in [9.17, 15) is 0 Å². The molecule has 1 aromatic carbocycles. The van der Waals surface area contributed by atoms with Crippen LogP contribution in [-0.4, -0.2) is 16.5 Å². The quantitative estimate of drug-likeness (QED) is 0.838. The minimum Gasteiger partial charge on any atom is -0.370 e. The Morgan fingerprint density at radius 1 is 1.19 bits per heavy atom. The van der Waals surface area contributed by atoms with E-state index in [1.807, 2.05) is 25.1 Å². The summed E-state index contributed by atoms with van der Waals surface area (Å²) >= 11 is 6.26. The Morgan fingerprint density at radius 2 is 1.90 bits per heavy atom. The van der Waals surface area contributed by atoms with E-state index in [0.717, 1.165) is 35.0 Å². The number of nitrogens with one attached hydrogen (secondary N) is 2. The van der Waals surface area contributed by atoms with Crippen molar-refractivity contribution >= 4 is 28.9 Å². The van der Waals surface area contributed by atoms with Crippen LogP contribution < -0.4 is 10.6 Å². The number of anilines is 3. The van der Waals surface area contributed by atoms with Crippen molar-refractivity contribution < 1.29 is 0 Å². The first-order valence-corrected chi connectivity index (χ1v) is 7.52. The largest absolute Gasteiger partial charge is 0.370 e. The van der Waals surface area contributed by atoms with Gasteiger partial charge in [-0.3, -0.25) is 0 Å². The number of benzene rings is 1. The summed E-state index contributed by atoms with van der Waals surface area (Å²) in [5.41, 5.74) is 3.07. The van der Waals surface area contributed by atoms with Crippen molar-refractivity contribution in [1.82, 2.24) is 9.97 Å². The van der Waals surface area contributed by atoms with E-state index in [0.29, 0.717) is 10.9 Å². The fraction of sp³-hybridized carbons (Fsp3) is 0.375. The summed E-state index contributed by atoms with van der Waals surface area (Å²) < 4.78 is 0. The number of halogens is 1. The molecule has 2 aromatic rings. The molecule has 2 rings (SSSR count). The van der Waals surface area contributed by atoms with Gasteiger partial charge in [0.25, 0.3) is 0 Å². The zero-order chi connectivity index (χ0) is 15.4. The van der Waals surface area contributed by atoms with Crippen LogP contribution in [0, 0.1) is 6.92 Å². The average Bonchev–Trinajstić information content (AvgIpc) is 2.43. The topological polar surface area (TPSA) is 49.8 Å². The maximum absolute atomic E-state index is 6.26. The molecule has 2 N–H and O–H groups in total. The van der Waals surface area contributed by atoms with Gasteiger partial charge in [-0.05, 0) is 37.5 Å². The number of aromatic nitrogens is 2. The van der Waals surface area contributed by atoms with Crippen LogP contribution in [0.5, 0.6) is 0 Å². The van der Waals surface area contributed by atoms with E-state index in [1.54, 1.807) is 6.33 Å². The van der Waals surface area contributed by atoms with Crippen LogP contribution >= 0.6 is 11.6 Å². The first-order valence-electron chi connectivity index (χ1n) is 7.14. The molecule has 0 aliphatic carbocycles. The second kappa shape index (κ2) is 6.76. The predicted octanol–water partition coefficient (Wildman–Crippen LogP) is 4.74. The summed E-state index contributed by atoms with van der Waals surface area (Å²) in [7, 11) is 0. The van der Waals surface area contributed by atoms with Gasteiger partial charge in [0.15, 0.2) is 0 Å². The third-order valence-electron chi connectivity index (χ3n) is 3.18. The zero-order valence-corrected chi connectivity index (χ0v) is 13.6. The highest BCUT2D eigenvalue weighted by Gasteiger charge is 2.15. The van der Waals surface area contributed by atoms with Crippen LogP contribution in [0.1, 0.15) is 37.8 Å². The monoisotopic (exact) mass is 304 g/mol. The van der Waals surface area contributed by atoms with E-state index in [2.05, 4.69) is 41.4 Å². The molecule has 0 saturated carbocycles. The van der Waals surface area contributed by atoms with Gasteiger partial charge in [-0.1, -0.05) is 31.5 Å². The van der Waals surface area contributed by atoms with Crippen molar-refractivity contribution in [3.63, 3.8) is 0 Å². The molecule has 112 valence electrons. The van der Waals surface area contributed by atoms with Crippen LogP contribution in [0.15, 0.2) is 24.5 Å². The normalized spacial score (nSPS) is 10.8. The lowest BCUT2D eigenvalue weighted by Crippen LogP contribution is -2.09. The second-order valence-corrected chi connectivity index (χ2v) is 5.69. The van der Waals surface area contributed by atoms with Crippen molar-refractivity contribution in [2.45, 2.75) is 33.6 Å². The standard InChI is InChI=1S/C16H21ClN4/c1-5-18-15-14(10(2)3)16(20-9-19-15)21-13-8-11(4)6-7-12(13)17/h6-10H,5H2,1-4H3,(H2,18,19,20,21). The Labute approximate surface area is 131 Å². The average molecular weight is 305 g/mol. The molecule has 0 unspecified atom stereocenters. The van der Waals surface area contributed by atoms with Gasteiger partial charge in [-0.25, -0.2) is 9.97 Å². The molecule has 0 amide bonds. The second-order valence-electron chi connectivity index (χ2n) is 5.28. The Bertz CT molecular complexity index is 626. The number of aryl methyl sites for hydroxylation is 1. The third-order valence-corrected chi connectivity index (χ3v) is 3.51. The van der Waals surface area contributed by atoms with Crippen molar-refractivity contribution in [1.29, 1.82) is 0 Å². The maximum Gasteiger partial charge on any atom is 0.139 e. The smallest absolute Gasteiger partial charge is 0.139 e. The number of hydrogen-bond acceptors (Lipinski definition) is 4. The first-order chi connectivity index (χ1) is 10.0. The molecule has 0 atom stereocenters. The van der Waals surface area contributed by atoms with E-state index in [4.69, 9.17) is 11.6 Å². The van der Waals surface area contributed by atoms with Crippen LogP contribution in [0.4, 0.5) is 17.3 Å². The van der Waals surface area contributed by atoms with Crippen LogP contribution in [0.3, 0.4) is 0 Å². The van der Waals surface area contributed by atoms with Gasteiger partial charge in [0.05, 0.1) is 10.7 Å². The van der Waals surface area contributed by atoms with Gasteiger partial charge in [0.2, 0.25) is 0 Å². The summed E-state index contributed by atoms with van der Waals surface area (Å²) in [6, 6.07) is 5.89. The van der Waals surface area contributed by atoms with E-state index in [1.165, 1.54) is 0 Å². The van der Waals surface area contributed by atoms with Gasteiger partial charge < -0.3 is 10.6 Å². The Balaban J connectivity index is 2.43. The Kier molecular flexibility index (Phi) is 5.02. The molecule has 0 radical (unpaired) electrons. The lowest BCUT2D eigenvalue weighted by molar-refractivity contribution is 0.849. The molecule has 0 aliphatic heterocycles. The lowest BCUT2D eigenvalue weighted by atomic mass is 10.0. The molecule has 1 aromatic heterocycles. The fourth-order valence-electron chi connectivity index (χ4n) is 2.21. The number of nitrogens with zero attached hydrogens (tertiary/aromatic N) is 2. The van der Waals surface area contributed by atoms with Crippen molar-refractivity contribution in [2.24, 2.45) is 0 Å². The van der Waals surface area contributed by atoms with Crippen molar-refractivity contribution in [3.05, 3.63) is 40.7 Å². The Hall–Kier alpha value is -1.81. The van der Waals surface area contributed by atoms with Crippen LogP contribution in [-0.2, 0) is 0 Å². The van der Waals surface area contributed by atoms with Crippen LogP contribution in [0.2, 0.25) is 5.02 Å². The molecule has 0 fully saturated rings. The summed E-state index contributed by atoms with van der Waals surface area (Å²) in [6.45, 7) is 9.16. The number of rotatable bonds is 5. The Morgan fingerprint density at radius 3 is 2.57 bits per heavy atom. The lowest BCUT2D eigenvalue weighted by Gasteiger charge is -2.18. The molecule has 0 spiro atoms. The molecule has 4 nitrogen and oxygen atoms in total. The van der Waals surface area contributed by atoms with Gasteiger partial charge in [-0.2, -0.15) is 0 Å². The van der Waals surface area contributed by atoms with Gasteiger partial charge in [-0.15, -0.1) is 0 Å². The van der Waals surface area contributed by atoms with Gasteiger partial charge >= 0.3 is 0 Å². The van der Waals surface area contributed by atoms with Crippen molar-refractivity contribution in [2.75, 3.05) is 17.2 Å². The highest BCUT2D eigenvalue weighted by atomic mass is 35.5. The predicted molar refractivity (Wildman–Crippen MR) is 89.8 cm³/mol. The highest BCUT2D eigenvalue weighted by Crippen LogP contribution is 2.32. The first kappa shape index (κ1) is 15.6. The summed E-state index contributed by atoms with van der Waals surface area (Å²) in [5.74, 6) is 1.96. The summed E-state index contributed by atoms with van der Waals surface area (Å²) in [5, 5.41) is 7.30. The summed E-state index contributed by atoms with van der Waals surface area (Å²) in [4.78, 5) is 8.72. The van der Waals surface area contributed by atoms with Gasteiger partial charge in [0, 0.05) is 12.1 Å². The summed E-state index contributed by atoms with van der Waals surface area (Å²) in [6.07, 6.45) is 1.57. The van der Waals surface area contributed by atoms with Crippen molar-refractivity contribution in [3.8, 4) is 0 Å². The minimum atomic E-state index is 0.298. The number of hydrogen-bond donors (Lipinski definition) is 2. The molecule has 0 aliphatic rings. The highest BCUT2D eigenvalue weighted by molar-refractivity contribution is 6.33.